The van der Waals surface area contributed by atoms with Crippen LogP contribution in [0.25, 0.3) is 0 Å². The molecule has 0 heterocycles. The molecule has 1 N–H and O–H groups in total. The van der Waals surface area contributed by atoms with E-state index in [9.17, 15) is 20.1 Å². The van der Waals surface area contributed by atoms with Crippen molar-refractivity contribution in [1.82, 2.24) is 0 Å². The zero-order chi connectivity index (χ0) is 21.4. The van der Waals surface area contributed by atoms with Crippen LogP contribution in [0.4, 0.5) is 16.2 Å². The molecule has 0 unspecified atom stereocenters. The fraction of sp³-hybridized carbons (Fsp3) is 0.591. The molecule has 0 atom stereocenters. The van der Waals surface area contributed by atoms with Crippen LogP contribution in [0.15, 0.2) is 36.5 Å². The second-order valence-electron chi connectivity index (χ2n) is 8.23. The number of rotatable bonds is 7. The van der Waals surface area contributed by atoms with Crippen molar-refractivity contribution in [3.05, 3.63) is 51.9 Å². The number of carbonyl (C=O) groups is 1. The van der Waals surface area contributed by atoms with Gasteiger partial charge in [0, 0.05) is 37.8 Å². The quantitative estimate of drug-likeness (QED) is 0.351. The highest BCUT2D eigenvalue weighted by molar-refractivity contribution is 5.87. The smallest absolute Gasteiger partial charge is 0.412 e. The van der Waals surface area contributed by atoms with Crippen LogP contribution in [0, 0.1) is 15.3 Å². The predicted molar refractivity (Wildman–Crippen MR) is 115 cm³/mol. The van der Waals surface area contributed by atoms with Gasteiger partial charge < -0.3 is 14.6 Å². The van der Waals surface area contributed by atoms with Crippen LogP contribution >= 0.6 is 0 Å². The first kappa shape index (κ1) is 22.2. The van der Waals surface area contributed by atoms with Crippen LogP contribution in [0.5, 0.6) is 0 Å². The molecule has 0 radical (unpaired) electrons. The van der Waals surface area contributed by atoms with Crippen molar-refractivity contribution in [3.8, 4) is 0 Å². The van der Waals surface area contributed by atoms with E-state index < -0.39 is 11.0 Å². The maximum Gasteiger partial charge on any atom is 0.412 e. The summed E-state index contributed by atoms with van der Waals surface area (Å²) >= 11 is 0. The lowest BCUT2D eigenvalue weighted by Gasteiger charge is -2.53. The van der Waals surface area contributed by atoms with Gasteiger partial charge in [-0.3, -0.25) is 15.4 Å². The number of nitro benzene ring substituents is 1. The number of nitro groups is 1. The van der Waals surface area contributed by atoms with Crippen molar-refractivity contribution >= 4 is 17.5 Å². The largest absolute Gasteiger partial charge is 0.627 e. The molecular weight excluding hydrogens is 386 g/mol. The van der Waals surface area contributed by atoms with E-state index in [4.69, 9.17) is 4.74 Å². The van der Waals surface area contributed by atoms with Crippen LogP contribution in [-0.4, -0.2) is 34.4 Å². The van der Waals surface area contributed by atoms with Gasteiger partial charge in [-0.2, -0.15) is 0 Å². The maximum absolute atomic E-state index is 13.9. The second-order valence-corrected chi connectivity index (χ2v) is 8.23. The van der Waals surface area contributed by atoms with Gasteiger partial charge in [-0.25, -0.2) is 4.79 Å². The Balaban J connectivity index is 1.59. The van der Waals surface area contributed by atoms with Crippen LogP contribution < -0.4 is 5.32 Å². The number of para-hydroxylation sites is 2. The van der Waals surface area contributed by atoms with Gasteiger partial charge in [-0.15, -0.1) is 0 Å². The fourth-order valence-corrected chi connectivity index (χ4v) is 4.73. The molecule has 0 spiro atoms. The fourth-order valence-electron chi connectivity index (χ4n) is 4.73. The molecule has 0 bridgehead atoms. The Morgan fingerprint density at radius 3 is 2.20 bits per heavy atom. The molecule has 0 aliphatic heterocycles. The zero-order valence-corrected chi connectivity index (χ0v) is 17.3. The average molecular weight is 418 g/mol. The van der Waals surface area contributed by atoms with Gasteiger partial charge in [0.2, 0.25) is 0 Å². The summed E-state index contributed by atoms with van der Waals surface area (Å²) in [6.45, 7) is -0.0475. The van der Waals surface area contributed by atoms with Crippen LogP contribution in [0.3, 0.4) is 0 Å². The maximum atomic E-state index is 13.9. The third-order valence-corrected chi connectivity index (χ3v) is 6.28. The average Bonchev–Trinajstić information content (AvgIpc) is 2.78. The summed E-state index contributed by atoms with van der Waals surface area (Å²) in [4.78, 5) is 22.5. The molecule has 0 aromatic heterocycles. The minimum Gasteiger partial charge on any atom is -0.627 e. The highest BCUT2D eigenvalue weighted by Gasteiger charge is 2.36. The van der Waals surface area contributed by atoms with E-state index in [2.05, 4.69) is 5.32 Å². The van der Waals surface area contributed by atoms with Gasteiger partial charge in [0.15, 0.2) is 0 Å². The Labute approximate surface area is 177 Å². The second kappa shape index (κ2) is 10.5. The van der Waals surface area contributed by atoms with Crippen molar-refractivity contribution in [2.75, 3.05) is 11.9 Å². The van der Waals surface area contributed by atoms with E-state index in [1.165, 1.54) is 31.0 Å². The Kier molecular flexibility index (Phi) is 7.81. The first-order chi connectivity index (χ1) is 14.5. The van der Waals surface area contributed by atoms with Gasteiger partial charge in [0.05, 0.1) is 23.2 Å². The summed E-state index contributed by atoms with van der Waals surface area (Å²) in [5, 5.41) is 27.3. The summed E-state index contributed by atoms with van der Waals surface area (Å²) in [6.07, 6.45) is 13.1. The highest BCUT2D eigenvalue weighted by atomic mass is 16.6. The molecule has 8 heteroatoms. The Morgan fingerprint density at radius 1 is 1.07 bits per heavy atom. The zero-order valence-electron chi connectivity index (χ0n) is 17.3. The van der Waals surface area contributed by atoms with Crippen LogP contribution in [0.2, 0.25) is 0 Å². The highest BCUT2D eigenvalue weighted by Crippen LogP contribution is 2.36. The molecule has 0 saturated heterocycles. The molecule has 2 aliphatic rings. The van der Waals surface area contributed by atoms with Crippen molar-refractivity contribution < 1.29 is 19.1 Å². The molecule has 2 aliphatic carbocycles. The standard InChI is InChI=1S/C22H31N3O5/c26-22(23-20-14-7-8-15-21(20)24(27)28)30-17-9-16-25(29,18-10-3-1-4-11-18)19-12-5-2-6-13-19/h7-9,14-16,18-19H,1-6,10-13,17H2,(H,23,26)/b16-9+. The third-order valence-electron chi connectivity index (χ3n) is 6.28. The lowest BCUT2D eigenvalue weighted by atomic mass is 9.88. The minimum absolute atomic E-state index is 0.0475. The van der Waals surface area contributed by atoms with Gasteiger partial charge in [0.1, 0.15) is 12.3 Å². The topological polar surface area (TPSA) is 105 Å². The molecule has 2 saturated carbocycles. The molecule has 2 fully saturated rings. The van der Waals surface area contributed by atoms with Crippen molar-refractivity contribution in [1.29, 1.82) is 0 Å². The van der Waals surface area contributed by atoms with E-state index >= 15 is 0 Å². The Morgan fingerprint density at radius 2 is 1.63 bits per heavy atom. The van der Waals surface area contributed by atoms with Gasteiger partial charge in [-0.1, -0.05) is 25.0 Å². The van der Waals surface area contributed by atoms with E-state index in [-0.39, 0.29) is 34.7 Å². The van der Waals surface area contributed by atoms with Crippen molar-refractivity contribution in [2.45, 2.75) is 76.3 Å². The van der Waals surface area contributed by atoms with Crippen molar-refractivity contribution in [2.24, 2.45) is 0 Å². The summed E-state index contributed by atoms with van der Waals surface area (Å²) in [7, 11) is 0. The molecule has 30 heavy (non-hydrogen) atoms. The van der Waals surface area contributed by atoms with Gasteiger partial charge >= 0.3 is 6.09 Å². The molecule has 3 rings (SSSR count). The molecule has 1 amide bonds. The van der Waals surface area contributed by atoms with Gasteiger partial charge in [-0.05, 0) is 31.7 Å². The van der Waals surface area contributed by atoms with E-state index in [1.54, 1.807) is 18.3 Å². The summed E-state index contributed by atoms with van der Waals surface area (Å²) in [5.74, 6) is 0. The van der Waals surface area contributed by atoms with E-state index in [0.717, 1.165) is 51.4 Å². The number of anilines is 1. The lowest BCUT2D eigenvalue weighted by molar-refractivity contribution is -0.884. The van der Waals surface area contributed by atoms with E-state index in [1.807, 2.05) is 0 Å². The molecule has 164 valence electrons. The first-order valence-electron chi connectivity index (χ1n) is 10.9. The van der Waals surface area contributed by atoms with E-state index in [0.29, 0.717) is 0 Å². The summed E-state index contributed by atoms with van der Waals surface area (Å²) < 4.78 is 4.83. The number of benzene rings is 1. The first-order valence-corrected chi connectivity index (χ1v) is 10.9. The Hall–Kier alpha value is -2.45. The summed E-state index contributed by atoms with van der Waals surface area (Å²) in [5.41, 5.74) is -0.121. The number of amides is 1. The molecule has 1 aromatic carbocycles. The number of hydroxylamine groups is 3. The normalized spacial score (nSPS) is 19.0. The molecular formula is C22H31N3O5. The number of ether oxygens (including phenoxy) is 1. The monoisotopic (exact) mass is 417 g/mol. The Bertz CT molecular complexity index is 737. The molecule has 1 aromatic rings. The van der Waals surface area contributed by atoms with Gasteiger partial charge in [0.25, 0.3) is 5.69 Å². The number of hydrogen-bond donors (Lipinski definition) is 1. The SMILES string of the molecule is O=C(Nc1ccccc1[N+](=O)[O-])OC/C=C/[N+]([O-])(C1CCCCC1)C1CCCCC1. The number of nitrogens with one attached hydrogen (secondary N) is 1. The summed E-state index contributed by atoms with van der Waals surface area (Å²) in [6, 6.07) is 6.05. The number of carbonyl (C=O) groups excluding carboxylic acids is 1. The minimum atomic E-state index is -0.784. The predicted octanol–water partition coefficient (Wildman–Crippen LogP) is 5.64. The number of quaternary nitrogens is 1. The number of nitrogens with zero attached hydrogens (tertiary/aromatic N) is 2. The van der Waals surface area contributed by atoms with Crippen LogP contribution in [-0.2, 0) is 4.74 Å². The lowest BCUT2D eigenvalue weighted by Crippen LogP contribution is -2.54. The van der Waals surface area contributed by atoms with Crippen molar-refractivity contribution in [3.63, 3.8) is 0 Å². The molecule has 8 nitrogen and oxygen atoms in total. The van der Waals surface area contributed by atoms with Crippen LogP contribution in [0.1, 0.15) is 64.2 Å². The number of hydrogen-bond acceptors (Lipinski definition) is 5. The third kappa shape index (κ3) is 5.58.